The average molecular weight is 615 g/mol. The molecule has 0 saturated heterocycles. The van der Waals surface area contributed by atoms with Crippen molar-refractivity contribution >= 4 is 52.4 Å². The SMILES string of the molecule is Cc1cc(C(=O)Nc2cccc(C#CC3C=NC=C(C(=O)Nc4cccc(CC(=O)NCC(O)CO)c4O)C3=S)c2)n(C)n1. The van der Waals surface area contributed by atoms with E-state index < -0.39 is 30.4 Å². The number of amides is 3. The quantitative estimate of drug-likeness (QED) is 0.120. The number of aryl methyl sites for hydroxylation is 2. The highest BCUT2D eigenvalue weighted by Crippen LogP contribution is 2.29. The first kappa shape index (κ1) is 31.8. The van der Waals surface area contributed by atoms with Crippen LogP contribution in [0.1, 0.15) is 27.3 Å². The summed E-state index contributed by atoms with van der Waals surface area (Å²) >= 11 is 5.54. The van der Waals surface area contributed by atoms with Gasteiger partial charge in [-0.25, -0.2) is 0 Å². The number of nitrogens with zero attached hydrogens (tertiary/aromatic N) is 3. The lowest BCUT2D eigenvalue weighted by Crippen LogP contribution is -2.34. The molecule has 3 aromatic rings. The van der Waals surface area contributed by atoms with Crippen molar-refractivity contribution in [2.75, 3.05) is 23.8 Å². The van der Waals surface area contributed by atoms with Gasteiger partial charge in [0.1, 0.15) is 11.4 Å². The van der Waals surface area contributed by atoms with Gasteiger partial charge in [0.2, 0.25) is 5.91 Å². The molecule has 0 spiro atoms. The first-order valence-corrected chi connectivity index (χ1v) is 13.9. The fourth-order valence-electron chi connectivity index (χ4n) is 4.19. The number of nitrogens with one attached hydrogen (secondary N) is 3. The van der Waals surface area contributed by atoms with Crippen LogP contribution in [0.4, 0.5) is 11.4 Å². The Kier molecular flexibility index (Phi) is 10.4. The summed E-state index contributed by atoms with van der Waals surface area (Å²) in [6.07, 6.45) is 1.52. The number of rotatable bonds is 9. The van der Waals surface area contributed by atoms with Crippen molar-refractivity contribution in [2.45, 2.75) is 19.4 Å². The number of aliphatic imine (C=N–C) groups is 1. The summed E-state index contributed by atoms with van der Waals surface area (Å²) in [5.74, 6) is 3.67. The zero-order valence-electron chi connectivity index (χ0n) is 23.9. The summed E-state index contributed by atoms with van der Waals surface area (Å²) in [5.41, 5.74) is 2.70. The fraction of sp³-hybridized carbons (Fsp3) is 0.226. The molecule has 0 radical (unpaired) electrons. The van der Waals surface area contributed by atoms with E-state index in [1.165, 1.54) is 29.2 Å². The van der Waals surface area contributed by atoms with Gasteiger partial charge in [0.15, 0.2) is 0 Å². The molecule has 2 unspecified atom stereocenters. The lowest BCUT2D eigenvalue weighted by atomic mass is 9.97. The summed E-state index contributed by atoms with van der Waals surface area (Å²) in [6, 6.07) is 13.2. The Morgan fingerprint density at radius 2 is 1.89 bits per heavy atom. The molecule has 0 bridgehead atoms. The van der Waals surface area contributed by atoms with Crippen molar-refractivity contribution in [3.63, 3.8) is 0 Å². The van der Waals surface area contributed by atoms with Crippen LogP contribution in [0.2, 0.25) is 0 Å². The molecule has 13 heteroatoms. The Hall–Kier alpha value is -5.16. The number of anilines is 2. The normalized spacial score (nSPS) is 14.6. The molecular formula is C31H30N6O6S. The number of carbonyl (C=O) groups excluding carboxylic acids is 3. The molecule has 12 nitrogen and oxygen atoms in total. The molecule has 2 heterocycles. The van der Waals surface area contributed by atoms with Crippen LogP contribution < -0.4 is 16.0 Å². The summed E-state index contributed by atoms with van der Waals surface area (Å²) in [5, 5.41) is 41.0. The minimum Gasteiger partial charge on any atom is -0.505 e. The zero-order chi connectivity index (χ0) is 31.8. The number of aromatic nitrogens is 2. The van der Waals surface area contributed by atoms with Gasteiger partial charge >= 0.3 is 0 Å². The number of aliphatic hydroxyl groups is 2. The number of aliphatic hydroxyl groups excluding tert-OH is 2. The van der Waals surface area contributed by atoms with Gasteiger partial charge in [-0.2, -0.15) is 5.10 Å². The van der Waals surface area contributed by atoms with Gasteiger partial charge in [-0.05, 0) is 37.3 Å². The lowest BCUT2D eigenvalue weighted by Gasteiger charge is -2.16. The molecule has 1 aliphatic rings. The number of aromatic hydroxyl groups is 1. The van der Waals surface area contributed by atoms with Crippen molar-refractivity contribution in [1.82, 2.24) is 15.1 Å². The number of benzene rings is 2. The van der Waals surface area contributed by atoms with Crippen molar-refractivity contribution in [1.29, 1.82) is 0 Å². The van der Waals surface area contributed by atoms with Crippen LogP contribution in [0.15, 0.2) is 65.3 Å². The number of hydrogen-bond donors (Lipinski definition) is 6. The van der Waals surface area contributed by atoms with Crippen molar-refractivity contribution in [3.05, 3.63) is 82.8 Å². The van der Waals surface area contributed by atoms with Gasteiger partial charge in [0, 0.05) is 47.7 Å². The maximum atomic E-state index is 13.1. The monoisotopic (exact) mass is 614 g/mol. The molecule has 1 aliphatic heterocycles. The van der Waals surface area contributed by atoms with E-state index in [0.717, 1.165) is 5.69 Å². The Bertz CT molecular complexity index is 1730. The topological polar surface area (TPSA) is 178 Å². The molecule has 1 aromatic heterocycles. The highest BCUT2D eigenvalue weighted by atomic mass is 32.1. The second-order valence-corrected chi connectivity index (χ2v) is 10.3. The van der Waals surface area contributed by atoms with Crippen LogP contribution in [0.25, 0.3) is 0 Å². The summed E-state index contributed by atoms with van der Waals surface area (Å²) < 4.78 is 1.50. The van der Waals surface area contributed by atoms with Crippen LogP contribution in [0, 0.1) is 24.7 Å². The largest absolute Gasteiger partial charge is 0.505 e. The van der Waals surface area contributed by atoms with Gasteiger partial charge in [0.05, 0.1) is 42.0 Å². The van der Waals surface area contributed by atoms with Gasteiger partial charge < -0.3 is 31.3 Å². The van der Waals surface area contributed by atoms with Crippen LogP contribution in [0.3, 0.4) is 0 Å². The molecule has 226 valence electrons. The van der Waals surface area contributed by atoms with E-state index in [-0.39, 0.29) is 46.3 Å². The van der Waals surface area contributed by atoms with Crippen LogP contribution in [-0.2, 0) is 23.1 Å². The first-order chi connectivity index (χ1) is 21.0. The highest BCUT2D eigenvalue weighted by Gasteiger charge is 2.24. The fourth-order valence-corrected chi connectivity index (χ4v) is 4.45. The standard InChI is InChI=1S/C31H30N6O6S/c1-18-11-26(37(2)36-18)31(43)34-22-7-3-5-19(12-22)9-10-21-14-32-16-24(29(21)44)30(42)35-25-8-4-6-20(28(25)41)13-27(40)33-15-23(39)17-38/h3-8,11-12,14,16,21,23,38-39,41H,13,15,17H2,1-2H3,(H,33,40)(H,34,43)(H,35,42). The highest BCUT2D eigenvalue weighted by molar-refractivity contribution is 7.81. The Balaban J connectivity index is 1.40. The van der Waals surface area contributed by atoms with Crippen LogP contribution in [0.5, 0.6) is 5.75 Å². The number of phenols is 1. The van der Waals surface area contributed by atoms with E-state index in [9.17, 15) is 24.6 Å². The molecule has 0 saturated carbocycles. The van der Waals surface area contributed by atoms with E-state index >= 15 is 0 Å². The van der Waals surface area contributed by atoms with E-state index in [2.05, 4.69) is 37.9 Å². The number of phenolic OH excluding ortho intramolecular Hbond substituents is 1. The Morgan fingerprint density at radius 3 is 2.61 bits per heavy atom. The number of hydrogen-bond acceptors (Lipinski definition) is 9. The molecule has 0 fully saturated rings. The van der Waals surface area contributed by atoms with E-state index in [1.807, 2.05) is 0 Å². The summed E-state index contributed by atoms with van der Waals surface area (Å²) in [4.78, 5) is 42.3. The smallest absolute Gasteiger partial charge is 0.273 e. The van der Waals surface area contributed by atoms with Crippen LogP contribution in [-0.4, -0.2) is 73.2 Å². The van der Waals surface area contributed by atoms with E-state index in [1.54, 1.807) is 50.4 Å². The van der Waals surface area contributed by atoms with E-state index in [0.29, 0.717) is 16.9 Å². The molecule has 2 aromatic carbocycles. The van der Waals surface area contributed by atoms with Gasteiger partial charge in [-0.1, -0.05) is 42.3 Å². The Morgan fingerprint density at radius 1 is 1.11 bits per heavy atom. The third-order valence-corrected chi connectivity index (χ3v) is 6.90. The maximum absolute atomic E-state index is 13.1. The van der Waals surface area contributed by atoms with E-state index in [4.69, 9.17) is 17.3 Å². The number of para-hydroxylation sites is 1. The predicted molar refractivity (Wildman–Crippen MR) is 168 cm³/mol. The van der Waals surface area contributed by atoms with Gasteiger partial charge in [-0.3, -0.25) is 24.1 Å². The van der Waals surface area contributed by atoms with Gasteiger partial charge in [0.25, 0.3) is 11.8 Å². The Labute approximate surface area is 258 Å². The molecular weight excluding hydrogens is 584 g/mol. The molecule has 3 amide bonds. The second kappa shape index (κ2) is 14.3. The first-order valence-electron chi connectivity index (χ1n) is 13.4. The molecule has 2 atom stereocenters. The predicted octanol–water partition coefficient (Wildman–Crippen LogP) is 1.64. The third-order valence-electron chi connectivity index (χ3n) is 6.42. The van der Waals surface area contributed by atoms with Crippen molar-refractivity contribution in [2.24, 2.45) is 18.0 Å². The number of thiocarbonyl (C=S) groups is 1. The molecule has 44 heavy (non-hydrogen) atoms. The lowest BCUT2D eigenvalue weighted by molar-refractivity contribution is -0.121. The minimum absolute atomic E-state index is 0.0664. The van der Waals surface area contributed by atoms with Crippen molar-refractivity contribution in [3.8, 4) is 17.6 Å². The second-order valence-electron chi connectivity index (χ2n) is 9.87. The molecule has 6 N–H and O–H groups in total. The molecule has 0 aliphatic carbocycles. The van der Waals surface area contributed by atoms with Gasteiger partial charge in [-0.15, -0.1) is 0 Å². The van der Waals surface area contributed by atoms with Crippen LogP contribution >= 0.6 is 12.2 Å². The van der Waals surface area contributed by atoms with Crippen molar-refractivity contribution < 1.29 is 29.7 Å². The minimum atomic E-state index is -1.10. The zero-order valence-corrected chi connectivity index (χ0v) is 24.7. The maximum Gasteiger partial charge on any atom is 0.273 e. The molecule has 4 rings (SSSR count). The number of carbonyl (C=O) groups is 3. The summed E-state index contributed by atoms with van der Waals surface area (Å²) in [7, 11) is 1.69. The summed E-state index contributed by atoms with van der Waals surface area (Å²) in [6.45, 7) is 1.16. The third kappa shape index (κ3) is 8.01. The average Bonchev–Trinajstić information content (AvgIpc) is 3.35.